The first kappa shape index (κ1) is 22.4. The number of hydrogen-bond acceptors (Lipinski definition) is 3. The molecular weight excluding hydrogens is 436 g/mol. The van der Waals surface area contributed by atoms with Crippen LogP contribution in [-0.4, -0.2) is 23.3 Å². The third kappa shape index (κ3) is 5.25. The molecule has 1 aromatic heterocycles. The van der Waals surface area contributed by atoms with E-state index < -0.39 is 0 Å². The maximum Gasteiger partial charge on any atom is 0.254 e. The third-order valence-electron chi connectivity index (χ3n) is 6.12. The lowest BCUT2D eigenvalue weighted by molar-refractivity contribution is -0.111. The number of nitrogens with zero attached hydrogens (tertiary/aromatic N) is 1. The van der Waals surface area contributed by atoms with E-state index in [0.29, 0.717) is 30.8 Å². The van der Waals surface area contributed by atoms with E-state index in [0.717, 1.165) is 33.8 Å². The highest BCUT2D eigenvalue weighted by molar-refractivity contribution is 6.02. The summed E-state index contributed by atoms with van der Waals surface area (Å²) >= 11 is 0. The smallest absolute Gasteiger partial charge is 0.254 e. The Morgan fingerprint density at radius 2 is 1.69 bits per heavy atom. The number of hydrogen-bond donors (Lipinski definition) is 1. The largest absolute Gasteiger partial charge is 0.461 e. The molecule has 0 radical (unpaired) electrons. The molecule has 5 heteroatoms. The van der Waals surface area contributed by atoms with Gasteiger partial charge < -0.3 is 14.6 Å². The molecule has 3 aromatic carbocycles. The van der Waals surface area contributed by atoms with Gasteiger partial charge in [-0.15, -0.1) is 0 Å². The summed E-state index contributed by atoms with van der Waals surface area (Å²) in [5.41, 5.74) is 5.49. The van der Waals surface area contributed by atoms with Gasteiger partial charge in [-0.05, 0) is 61.0 Å². The number of benzene rings is 3. The van der Waals surface area contributed by atoms with Crippen LogP contribution in [0.1, 0.15) is 32.8 Å². The lowest BCUT2D eigenvalue weighted by Crippen LogP contribution is -2.35. The van der Waals surface area contributed by atoms with Crippen molar-refractivity contribution in [3.05, 3.63) is 119 Å². The number of aryl methyl sites for hydroxylation is 1. The summed E-state index contributed by atoms with van der Waals surface area (Å²) < 4.78 is 6.11. The van der Waals surface area contributed by atoms with Gasteiger partial charge in [0.2, 0.25) is 5.91 Å². The van der Waals surface area contributed by atoms with Crippen molar-refractivity contribution < 1.29 is 14.0 Å². The zero-order valence-electron chi connectivity index (χ0n) is 19.5. The monoisotopic (exact) mass is 462 g/mol. The van der Waals surface area contributed by atoms with Gasteiger partial charge in [0.25, 0.3) is 5.91 Å². The van der Waals surface area contributed by atoms with Crippen molar-refractivity contribution in [2.45, 2.75) is 19.9 Å². The van der Waals surface area contributed by atoms with E-state index in [4.69, 9.17) is 4.42 Å². The predicted octanol–water partition coefficient (Wildman–Crippen LogP) is 6.11. The molecule has 0 saturated heterocycles. The SMILES string of the molecule is Cc1ccc(C(=O)N2CCc3oc(-c4ccc(NC(=O)/C=C/c5ccccc5)cc4)cc3C2)cc1. The minimum absolute atomic E-state index is 0.0415. The van der Waals surface area contributed by atoms with Gasteiger partial charge in [-0.2, -0.15) is 0 Å². The summed E-state index contributed by atoms with van der Waals surface area (Å²) in [5.74, 6) is 1.55. The van der Waals surface area contributed by atoms with Crippen LogP contribution < -0.4 is 5.32 Å². The quantitative estimate of drug-likeness (QED) is 0.364. The molecule has 0 atom stereocenters. The molecule has 1 aliphatic rings. The summed E-state index contributed by atoms with van der Waals surface area (Å²) in [6, 6.07) is 27.0. The number of amides is 2. The third-order valence-corrected chi connectivity index (χ3v) is 6.12. The molecule has 2 amide bonds. The van der Waals surface area contributed by atoms with Gasteiger partial charge in [0.15, 0.2) is 0 Å². The van der Waals surface area contributed by atoms with E-state index in [2.05, 4.69) is 5.32 Å². The number of anilines is 1. The summed E-state index contributed by atoms with van der Waals surface area (Å²) in [6.45, 7) is 3.18. The number of carbonyl (C=O) groups is 2. The number of carbonyl (C=O) groups excluding carboxylic acids is 2. The fourth-order valence-electron chi connectivity index (χ4n) is 4.17. The van der Waals surface area contributed by atoms with Crippen LogP contribution in [0.2, 0.25) is 0 Å². The molecular formula is C30H26N2O3. The van der Waals surface area contributed by atoms with Gasteiger partial charge in [-0.25, -0.2) is 0 Å². The Morgan fingerprint density at radius 3 is 2.43 bits per heavy atom. The van der Waals surface area contributed by atoms with Gasteiger partial charge in [0.1, 0.15) is 11.5 Å². The Morgan fingerprint density at radius 1 is 0.943 bits per heavy atom. The first-order valence-corrected chi connectivity index (χ1v) is 11.7. The second kappa shape index (κ2) is 9.85. The Labute approximate surface area is 204 Å². The van der Waals surface area contributed by atoms with Gasteiger partial charge in [0, 0.05) is 48.0 Å². The highest BCUT2D eigenvalue weighted by Crippen LogP contribution is 2.30. The Bertz CT molecular complexity index is 1370. The standard InChI is InChI=1S/C30H26N2O3/c1-21-7-10-24(11-8-21)30(34)32-18-17-27-25(20-32)19-28(35-27)23-12-14-26(15-13-23)31-29(33)16-9-22-5-3-2-4-6-22/h2-16,19H,17-18,20H2,1H3,(H,31,33)/b16-9+. The van der Waals surface area contributed by atoms with Crippen LogP contribution in [-0.2, 0) is 17.8 Å². The van der Waals surface area contributed by atoms with E-state index in [1.165, 1.54) is 6.08 Å². The Hall–Kier alpha value is -4.38. The second-order valence-corrected chi connectivity index (χ2v) is 8.71. The first-order chi connectivity index (χ1) is 17.0. The highest BCUT2D eigenvalue weighted by Gasteiger charge is 2.25. The Balaban J connectivity index is 1.23. The van der Waals surface area contributed by atoms with E-state index in [-0.39, 0.29) is 11.8 Å². The molecule has 5 rings (SSSR count). The first-order valence-electron chi connectivity index (χ1n) is 11.7. The number of nitrogens with one attached hydrogen (secondary N) is 1. The minimum atomic E-state index is -0.187. The van der Waals surface area contributed by atoms with Gasteiger partial charge in [-0.3, -0.25) is 9.59 Å². The second-order valence-electron chi connectivity index (χ2n) is 8.71. The van der Waals surface area contributed by atoms with Crippen LogP contribution in [0, 0.1) is 6.92 Å². The van der Waals surface area contributed by atoms with Crippen molar-refractivity contribution in [1.82, 2.24) is 4.90 Å². The molecule has 1 N–H and O–H groups in total. The zero-order chi connectivity index (χ0) is 24.2. The summed E-state index contributed by atoms with van der Waals surface area (Å²) in [4.78, 5) is 27.0. The average Bonchev–Trinajstić information content (AvgIpc) is 3.32. The molecule has 2 heterocycles. The Kier molecular flexibility index (Phi) is 6.31. The zero-order valence-corrected chi connectivity index (χ0v) is 19.5. The predicted molar refractivity (Wildman–Crippen MR) is 138 cm³/mol. The van der Waals surface area contributed by atoms with Crippen LogP contribution >= 0.6 is 0 Å². The number of rotatable bonds is 5. The molecule has 1 aliphatic heterocycles. The van der Waals surface area contributed by atoms with Crippen LogP contribution in [0.15, 0.2) is 95.4 Å². The van der Waals surface area contributed by atoms with E-state index in [1.807, 2.05) is 96.8 Å². The molecule has 0 unspecified atom stereocenters. The molecule has 0 saturated carbocycles. The van der Waals surface area contributed by atoms with E-state index in [9.17, 15) is 9.59 Å². The number of furan rings is 1. The normalized spacial score (nSPS) is 13.0. The fourth-order valence-corrected chi connectivity index (χ4v) is 4.17. The van der Waals surface area contributed by atoms with Gasteiger partial charge in [0.05, 0.1) is 0 Å². The molecule has 0 spiro atoms. The molecule has 5 nitrogen and oxygen atoms in total. The van der Waals surface area contributed by atoms with Crippen molar-refractivity contribution in [2.24, 2.45) is 0 Å². The van der Waals surface area contributed by atoms with Crippen molar-refractivity contribution in [1.29, 1.82) is 0 Å². The highest BCUT2D eigenvalue weighted by atomic mass is 16.3. The van der Waals surface area contributed by atoms with Crippen molar-refractivity contribution in [3.8, 4) is 11.3 Å². The average molecular weight is 463 g/mol. The van der Waals surface area contributed by atoms with Crippen LogP contribution in [0.5, 0.6) is 0 Å². The molecule has 174 valence electrons. The summed E-state index contributed by atoms with van der Waals surface area (Å²) in [7, 11) is 0. The van der Waals surface area contributed by atoms with Crippen LogP contribution in [0.3, 0.4) is 0 Å². The van der Waals surface area contributed by atoms with E-state index in [1.54, 1.807) is 6.08 Å². The lowest BCUT2D eigenvalue weighted by Gasteiger charge is -2.26. The maximum absolute atomic E-state index is 12.9. The van der Waals surface area contributed by atoms with Gasteiger partial charge >= 0.3 is 0 Å². The molecule has 0 aliphatic carbocycles. The topological polar surface area (TPSA) is 62.6 Å². The molecule has 35 heavy (non-hydrogen) atoms. The molecule has 0 bridgehead atoms. The van der Waals surface area contributed by atoms with Crippen molar-refractivity contribution in [3.63, 3.8) is 0 Å². The number of fused-ring (bicyclic) bond motifs is 1. The molecule has 4 aromatic rings. The van der Waals surface area contributed by atoms with Crippen molar-refractivity contribution in [2.75, 3.05) is 11.9 Å². The molecule has 0 fully saturated rings. The lowest BCUT2D eigenvalue weighted by atomic mass is 10.1. The van der Waals surface area contributed by atoms with Crippen LogP contribution in [0.25, 0.3) is 17.4 Å². The van der Waals surface area contributed by atoms with Crippen molar-refractivity contribution >= 4 is 23.6 Å². The summed E-state index contributed by atoms with van der Waals surface area (Å²) in [6.07, 6.45) is 3.99. The van der Waals surface area contributed by atoms with Gasteiger partial charge in [-0.1, -0.05) is 48.0 Å². The minimum Gasteiger partial charge on any atom is -0.461 e. The van der Waals surface area contributed by atoms with E-state index >= 15 is 0 Å². The van der Waals surface area contributed by atoms with Crippen LogP contribution in [0.4, 0.5) is 5.69 Å². The maximum atomic E-state index is 12.9. The summed E-state index contributed by atoms with van der Waals surface area (Å²) in [5, 5.41) is 2.88. The fraction of sp³-hybridized carbons (Fsp3) is 0.133.